The van der Waals surface area contributed by atoms with Gasteiger partial charge in [0.2, 0.25) is 17.8 Å². The van der Waals surface area contributed by atoms with E-state index >= 15 is 0 Å². The first kappa shape index (κ1) is 28.3. The Labute approximate surface area is 254 Å². The van der Waals surface area contributed by atoms with E-state index in [-0.39, 0.29) is 6.10 Å². The molecule has 11 nitrogen and oxygen atoms in total. The van der Waals surface area contributed by atoms with Crippen molar-refractivity contribution in [3.05, 3.63) is 108 Å². The molecule has 2 heterocycles. The highest BCUT2D eigenvalue weighted by Gasteiger charge is 2.24. The summed E-state index contributed by atoms with van der Waals surface area (Å²) in [7, 11) is 4.91. The fraction of sp³-hybridized carbons (Fsp3) is 0.152. The average molecular weight is 590 g/mol. The molecule has 3 N–H and O–H groups in total. The van der Waals surface area contributed by atoms with Crippen LogP contribution in [-0.2, 0) is 4.84 Å². The predicted octanol–water partition coefficient (Wildman–Crippen LogP) is 6.99. The summed E-state index contributed by atoms with van der Waals surface area (Å²) in [6.45, 7) is 0. The van der Waals surface area contributed by atoms with E-state index in [1.54, 1.807) is 21.3 Å². The van der Waals surface area contributed by atoms with Crippen LogP contribution < -0.4 is 30.2 Å². The summed E-state index contributed by atoms with van der Waals surface area (Å²) in [6, 6.07) is 30.7. The SMILES string of the molecule is COc1ccc(Nc2nc(Nc3ccc(OC)cc3)nc(Nc3ccc(C4=NOC(c5ccc(OC)cc5)C4)cc3)n2)cc1. The van der Waals surface area contributed by atoms with Crippen molar-refractivity contribution in [2.45, 2.75) is 12.5 Å². The number of anilines is 6. The minimum absolute atomic E-state index is 0.132. The lowest BCUT2D eigenvalue weighted by molar-refractivity contribution is 0.0857. The number of oxime groups is 1. The number of methoxy groups -OCH3 is 3. The van der Waals surface area contributed by atoms with Crippen molar-refractivity contribution >= 4 is 40.6 Å². The van der Waals surface area contributed by atoms with E-state index in [0.717, 1.165) is 51.1 Å². The molecule has 11 heteroatoms. The van der Waals surface area contributed by atoms with Gasteiger partial charge in [-0.25, -0.2) is 0 Å². The average Bonchev–Trinajstić information content (AvgIpc) is 3.56. The Morgan fingerprint density at radius 3 is 1.34 bits per heavy atom. The van der Waals surface area contributed by atoms with Gasteiger partial charge in [-0.3, -0.25) is 0 Å². The molecule has 0 radical (unpaired) electrons. The molecule has 1 aliphatic heterocycles. The summed E-state index contributed by atoms with van der Waals surface area (Å²) < 4.78 is 15.8. The Hall–Kier alpha value is -5.84. The van der Waals surface area contributed by atoms with E-state index in [1.165, 1.54) is 0 Å². The number of nitrogens with zero attached hydrogens (tertiary/aromatic N) is 4. The molecule has 1 aliphatic rings. The number of benzene rings is 4. The lowest BCUT2D eigenvalue weighted by Crippen LogP contribution is -2.07. The summed E-state index contributed by atoms with van der Waals surface area (Å²) >= 11 is 0. The molecule has 0 fully saturated rings. The van der Waals surface area contributed by atoms with Crippen molar-refractivity contribution in [3.63, 3.8) is 0 Å². The minimum atomic E-state index is -0.132. The first-order valence-corrected chi connectivity index (χ1v) is 13.9. The van der Waals surface area contributed by atoms with Crippen molar-refractivity contribution in [1.82, 2.24) is 15.0 Å². The van der Waals surface area contributed by atoms with Gasteiger partial charge in [-0.15, -0.1) is 0 Å². The van der Waals surface area contributed by atoms with Crippen molar-refractivity contribution in [1.29, 1.82) is 0 Å². The van der Waals surface area contributed by atoms with E-state index in [4.69, 9.17) is 19.0 Å². The van der Waals surface area contributed by atoms with Gasteiger partial charge in [0.1, 0.15) is 17.2 Å². The third kappa shape index (κ3) is 6.79. The van der Waals surface area contributed by atoms with Gasteiger partial charge in [0, 0.05) is 23.5 Å². The summed E-state index contributed by atoms with van der Waals surface area (Å²) in [4.78, 5) is 19.5. The molecule has 1 unspecified atom stereocenters. The maximum atomic E-state index is 5.73. The Morgan fingerprint density at radius 1 is 0.545 bits per heavy atom. The molecule has 0 saturated heterocycles. The zero-order valence-corrected chi connectivity index (χ0v) is 24.4. The molecule has 222 valence electrons. The van der Waals surface area contributed by atoms with E-state index in [2.05, 4.69) is 36.1 Å². The molecule has 0 aliphatic carbocycles. The van der Waals surface area contributed by atoms with E-state index in [0.29, 0.717) is 24.3 Å². The highest BCUT2D eigenvalue weighted by molar-refractivity contribution is 6.01. The molecule has 6 rings (SSSR count). The van der Waals surface area contributed by atoms with Gasteiger partial charge in [0.15, 0.2) is 6.10 Å². The van der Waals surface area contributed by atoms with Crippen LogP contribution in [0, 0.1) is 0 Å². The molecule has 1 atom stereocenters. The maximum absolute atomic E-state index is 5.73. The van der Waals surface area contributed by atoms with Crippen molar-refractivity contribution in [2.24, 2.45) is 5.16 Å². The van der Waals surface area contributed by atoms with Crippen LogP contribution in [0.25, 0.3) is 0 Å². The molecular formula is C33H31N7O4. The van der Waals surface area contributed by atoms with Gasteiger partial charge < -0.3 is 35.0 Å². The van der Waals surface area contributed by atoms with E-state index < -0.39 is 0 Å². The third-order valence-corrected chi connectivity index (χ3v) is 6.96. The molecular weight excluding hydrogens is 558 g/mol. The van der Waals surface area contributed by atoms with Gasteiger partial charge in [-0.2, -0.15) is 15.0 Å². The number of nitrogens with one attached hydrogen (secondary N) is 3. The Kier molecular flexibility index (Phi) is 8.35. The van der Waals surface area contributed by atoms with Crippen LogP contribution in [0.15, 0.2) is 102 Å². The van der Waals surface area contributed by atoms with Crippen molar-refractivity contribution in [3.8, 4) is 17.2 Å². The van der Waals surface area contributed by atoms with Crippen LogP contribution in [0.4, 0.5) is 34.9 Å². The molecule has 0 spiro atoms. The zero-order chi connectivity index (χ0) is 30.3. The van der Waals surface area contributed by atoms with Crippen LogP contribution in [0.5, 0.6) is 17.2 Å². The monoisotopic (exact) mass is 589 g/mol. The highest BCUT2D eigenvalue weighted by atomic mass is 16.6. The lowest BCUT2D eigenvalue weighted by Gasteiger charge is -2.12. The summed E-state index contributed by atoms with van der Waals surface area (Å²) in [5.74, 6) is 3.41. The molecule has 5 aromatic rings. The molecule has 44 heavy (non-hydrogen) atoms. The molecule has 0 saturated carbocycles. The minimum Gasteiger partial charge on any atom is -0.497 e. The second kappa shape index (κ2) is 13.0. The largest absolute Gasteiger partial charge is 0.497 e. The van der Waals surface area contributed by atoms with Gasteiger partial charge in [-0.05, 0) is 83.9 Å². The highest BCUT2D eigenvalue weighted by Crippen LogP contribution is 2.31. The van der Waals surface area contributed by atoms with Crippen molar-refractivity contribution in [2.75, 3.05) is 37.3 Å². The predicted molar refractivity (Wildman–Crippen MR) is 170 cm³/mol. The topological polar surface area (TPSA) is 124 Å². The number of aromatic nitrogens is 3. The quantitative estimate of drug-likeness (QED) is 0.148. The van der Waals surface area contributed by atoms with Crippen molar-refractivity contribution < 1.29 is 19.0 Å². The molecule has 0 amide bonds. The third-order valence-electron chi connectivity index (χ3n) is 6.96. The Morgan fingerprint density at radius 2 is 0.932 bits per heavy atom. The fourth-order valence-electron chi connectivity index (χ4n) is 4.57. The smallest absolute Gasteiger partial charge is 0.233 e. The van der Waals surface area contributed by atoms with Crippen LogP contribution in [0.3, 0.4) is 0 Å². The summed E-state index contributed by atoms with van der Waals surface area (Å²) in [5.41, 5.74) is 5.32. The van der Waals surface area contributed by atoms with Gasteiger partial charge in [-0.1, -0.05) is 29.4 Å². The second-order valence-corrected chi connectivity index (χ2v) is 9.82. The first-order valence-electron chi connectivity index (χ1n) is 13.9. The molecule has 1 aromatic heterocycles. The Balaban J connectivity index is 1.18. The van der Waals surface area contributed by atoms with Gasteiger partial charge in [0.05, 0.1) is 27.0 Å². The molecule has 0 bridgehead atoms. The number of ether oxygens (including phenoxy) is 3. The lowest BCUT2D eigenvalue weighted by atomic mass is 10.00. The Bertz CT molecular complexity index is 1660. The van der Waals surface area contributed by atoms with Crippen LogP contribution in [-0.4, -0.2) is 42.0 Å². The van der Waals surface area contributed by atoms with Gasteiger partial charge in [0.25, 0.3) is 0 Å². The molecule has 4 aromatic carbocycles. The van der Waals surface area contributed by atoms with Crippen LogP contribution in [0.1, 0.15) is 23.7 Å². The fourth-order valence-corrected chi connectivity index (χ4v) is 4.57. The van der Waals surface area contributed by atoms with E-state index in [1.807, 2.05) is 97.1 Å². The summed E-state index contributed by atoms with van der Waals surface area (Å²) in [6.07, 6.45) is 0.542. The standard InChI is InChI=1S/C33H31N7O4/c1-41-26-14-6-22(7-15-26)30-20-29(40-44-30)21-4-8-23(9-5-21)34-31-37-32(35-24-10-16-27(42-2)17-11-24)39-33(38-31)36-25-12-18-28(43-3)19-13-25/h4-19,30H,20H2,1-3H3,(H3,34,35,36,37,38,39). The number of hydrogen-bond donors (Lipinski definition) is 3. The van der Waals surface area contributed by atoms with Gasteiger partial charge >= 0.3 is 0 Å². The van der Waals surface area contributed by atoms with Crippen LogP contribution >= 0.6 is 0 Å². The zero-order valence-electron chi connectivity index (χ0n) is 24.4. The number of rotatable bonds is 11. The second-order valence-electron chi connectivity index (χ2n) is 9.82. The normalized spacial score (nSPS) is 13.8. The van der Waals surface area contributed by atoms with E-state index in [9.17, 15) is 0 Å². The number of hydrogen-bond acceptors (Lipinski definition) is 11. The van der Waals surface area contributed by atoms with Crippen LogP contribution in [0.2, 0.25) is 0 Å². The maximum Gasteiger partial charge on any atom is 0.233 e. The summed E-state index contributed by atoms with van der Waals surface area (Å²) in [5, 5.41) is 14.1. The first-order chi connectivity index (χ1) is 21.6.